The Labute approximate surface area is 248 Å². The van der Waals surface area contributed by atoms with Crippen LogP contribution in [0, 0.1) is 6.92 Å². The van der Waals surface area contributed by atoms with Crippen LogP contribution < -0.4 is 0 Å². The molecule has 0 aliphatic carbocycles. The van der Waals surface area contributed by atoms with Crippen molar-refractivity contribution in [1.29, 1.82) is 0 Å². The molecule has 0 unspecified atom stereocenters. The smallest absolute Gasteiger partial charge is 0.419 e. The SMILES string of the molecule is Cc1cn(-c2cccc3c2oc2ccccc23)nc1C(C)(C)c1nn(-c2cccc3c2oc2ccccc23)cc1C(F)(F)F. The summed E-state index contributed by atoms with van der Waals surface area (Å²) in [5, 5.41) is 13.0. The molecule has 0 atom stereocenters. The highest BCUT2D eigenvalue weighted by Gasteiger charge is 2.43. The number of furan rings is 2. The van der Waals surface area contributed by atoms with Gasteiger partial charge in [-0.2, -0.15) is 23.4 Å². The number of hydrogen-bond donors (Lipinski definition) is 0. The molecule has 0 aliphatic rings. The van der Waals surface area contributed by atoms with E-state index in [1.54, 1.807) is 30.7 Å². The molecule has 0 fully saturated rings. The Bertz CT molecular complexity index is 2390. The summed E-state index contributed by atoms with van der Waals surface area (Å²) < 4.78 is 59.2. The van der Waals surface area contributed by atoms with E-state index in [1.807, 2.05) is 85.9 Å². The molecular formula is C35H25F3N4O2. The first-order chi connectivity index (χ1) is 21.1. The number of aryl methyl sites for hydroxylation is 1. The van der Waals surface area contributed by atoms with Crippen LogP contribution in [0.4, 0.5) is 13.2 Å². The van der Waals surface area contributed by atoms with Crippen LogP contribution in [0.5, 0.6) is 0 Å². The molecule has 0 bridgehead atoms. The molecule has 6 nitrogen and oxygen atoms in total. The summed E-state index contributed by atoms with van der Waals surface area (Å²) in [6, 6.07) is 26.5. The van der Waals surface area contributed by atoms with Crippen molar-refractivity contribution in [3.63, 3.8) is 0 Å². The summed E-state index contributed by atoms with van der Waals surface area (Å²) in [6.07, 6.45) is -1.79. The van der Waals surface area contributed by atoms with Crippen molar-refractivity contribution in [2.24, 2.45) is 0 Å². The molecule has 8 aromatic rings. The zero-order chi connectivity index (χ0) is 30.4. The van der Waals surface area contributed by atoms with Gasteiger partial charge < -0.3 is 8.83 Å². The Morgan fingerprint density at radius 1 is 0.591 bits per heavy atom. The second-order valence-corrected chi connectivity index (χ2v) is 11.6. The first-order valence-corrected chi connectivity index (χ1v) is 14.2. The van der Waals surface area contributed by atoms with Crippen molar-refractivity contribution in [3.8, 4) is 11.4 Å². The largest absolute Gasteiger partial charge is 0.454 e. The Balaban J connectivity index is 1.28. The predicted molar refractivity (Wildman–Crippen MR) is 164 cm³/mol. The van der Waals surface area contributed by atoms with Gasteiger partial charge in [0.05, 0.1) is 22.4 Å². The number of halogens is 3. The second-order valence-electron chi connectivity index (χ2n) is 11.6. The van der Waals surface area contributed by atoms with Gasteiger partial charge in [-0.3, -0.25) is 0 Å². The van der Waals surface area contributed by atoms with Crippen LogP contribution >= 0.6 is 0 Å². The van der Waals surface area contributed by atoms with Crippen LogP contribution in [0.2, 0.25) is 0 Å². The average Bonchev–Trinajstić information content (AvgIpc) is 3.79. The molecule has 4 aromatic carbocycles. The van der Waals surface area contributed by atoms with Crippen molar-refractivity contribution in [2.75, 3.05) is 0 Å². The zero-order valence-electron chi connectivity index (χ0n) is 24.0. The molecule has 0 amide bonds. The summed E-state index contributed by atoms with van der Waals surface area (Å²) >= 11 is 0. The molecule has 9 heteroatoms. The summed E-state index contributed by atoms with van der Waals surface area (Å²) in [7, 11) is 0. The van der Waals surface area contributed by atoms with Crippen molar-refractivity contribution in [3.05, 3.63) is 120 Å². The van der Waals surface area contributed by atoms with Gasteiger partial charge in [0, 0.05) is 33.9 Å². The minimum Gasteiger partial charge on any atom is -0.454 e. The van der Waals surface area contributed by atoms with Gasteiger partial charge in [-0.05, 0) is 50.6 Å². The summed E-state index contributed by atoms with van der Waals surface area (Å²) in [6.45, 7) is 5.29. The molecule has 0 saturated heterocycles. The minimum absolute atomic E-state index is 0.131. The minimum atomic E-state index is -4.65. The highest BCUT2D eigenvalue weighted by Crippen LogP contribution is 2.42. The molecule has 4 aromatic heterocycles. The van der Waals surface area contributed by atoms with Crippen LogP contribution in [0.25, 0.3) is 55.3 Å². The van der Waals surface area contributed by atoms with E-state index in [0.29, 0.717) is 33.8 Å². The van der Waals surface area contributed by atoms with Crippen LogP contribution in [0.1, 0.15) is 36.4 Å². The predicted octanol–water partition coefficient (Wildman–Crippen LogP) is 9.51. The van der Waals surface area contributed by atoms with E-state index >= 15 is 0 Å². The third-order valence-corrected chi connectivity index (χ3v) is 8.36. The fourth-order valence-electron chi connectivity index (χ4n) is 6.31. The molecular weight excluding hydrogens is 565 g/mol. The lowest BCUT2D eigenvalue weighted by molar-refractivity contribution is -0.138. The van der Waals surface area contributed by atoms with Crippen LogP contribution in [0.3, 0.4) is 0 Å². The van der Waals surface area contributed by atoms with Gasteiger partial charge in [-0.25, -0.2) is 9.36 Å². The van der Waals surface area contributed by atoms with E-state index in [1.165, 1.54) is 4.68 Å². The number of rotatable bonds is 4. The van der Waals surface area contributed by atoms with Gasteiger partial charge in [-0.15, -0.1) is 0 Å². The molecule has 44 heavy (non-hydrogen) atoms. The highest BCUT2D eigenvalue weighted by molar-refractivity contribution is 6.08. The third-order valence-electron chi connectivity index (χ3n) is 8.36. The maximum Gasteiger partial charge on any atom is 0.419 e. The fraction of sp³-hybridized carbons (Fsp3) is 0.143. The van der Waals surface area contributed by atoms with Crippen LogP contribution in [0.15, 0.2) is 106 Å². The van der Waals surface area contributed by atoms with Crippen molar-refractivity contribution < 1.29 is 22.0 Å². The Morgan fingerprint density at radius 3 is 1.61 bits per heavy atom. The quantitative estimate of drug-likeness (QED) is 0.205. The van der Waals surface area contributed by atoms with Crippen LogP contribution in [-0.4, -0.2) is 19.6 Å². The Hall–Kier alpha value is -5.31. The third kappa shape index (κ3) is 3.81. The van der Waals surface area contributed by atoms with Crippen LogP contribution in [-0.2, 0) is 11.6 Å². The first kappa shape index (κ1) is 26.3. The molecule has 0 saturated carbocycles. The lowest BCUT2D eigenvalue weighted by Crippen LogP contribution is -2.25. The topological polar surface area (TPSA) is 61.9 Å². The lowest BCUT2D eigenvalue weighted by Gasteiger charge is -2.23. The Morgan fingerprint density at radius 2 is 1.07 bits per heavy atom. The molecule has 0 N–H and O–H groups in total. The van der Waals surface area contributed by atoms with Crippen molar-refractivity contribution in [2.45, 2.75) is 32.4 Å². The van der Waals surface area contributed by atoms with Crippen molar-refractivity contribution >= 4 is 43.9 Å². The number of nitrogens with zero attached hydrogens (tertiary/aromatic N) is 4. The first-order valence-electron chi connectivity index (χ1n) is 14.2. The van der Waals surface area contributed by atoms with Gasteiger partial charge in [0.15, 0.2) is 11.2 Å². The van der Waals surface area contributed by atoms with Gasteiger partial charge in [0.1, 0.15) is 22.5 Å². The monoisotopic (exact) mass is 590 g/mol. The van der Waals surface area contributed by atoms with Gasteiger partial charge >= 0.3 is 6.18 Å². The standard InChI is InChI=1S/C35H25F3N4O2/c1-20-18-41(26-14-8-12-23-21-10-4-6-16-28(21)43-30(23)26)39-32(20)34(2,3)33-25(35(36,37)38)19-42(40-33)27-15-9-13-24-22-11-5-7-17-29(22)44-31(24)27/h4-19H,1-3H3. The summed E-state index contributed by atoms with van der Waals surface area (Å²) in [4.78, 5) is 0. The number of para-hydroxylation sites is 4. The average molecular weight is 591 g/mol. The maximum absolute atomic E-state index is 14.6. The molecule has 0 aliphatic heterocycles. The molecule has 0 radical (unpaired) electrons. The Kier molecular flexibility index (Phi) is 5.44. The van der Waals surface area contributed by atoms with E-state index in [4.69, 9.17) is 13.9 Å². The zero-order valence-corrected chi connectivity index (χ0v) is 24.0. The van der Waals surface area contributed by atoms with E-state index < -0.39 is 17.2 Å². The normalized spacial score (nSPS) is 12.8. The summed E-state index contributed by atoms with van der Waals surface area (Å²) in [5.74, 6) is 0. The number of hydrogen-bond acceptors (Lipinski definition) is 4. The fourth-order valence-corrected chi connectivity index (χ4v) is 6.31. The lowest BCUT2D eigenvalue weighted by atomic mass is 9.82. The molecule has 218 valence electrons. The number of aromatic nitrogens is 4. The molecule has 8 rings (SSSR count). The van der Waals surface area contributed by atoms with Gasteiger partial charge in [-0.1, -0.05) is 60.7 Å². The number of fused-ring (bicyclic) bond motifs is 6. The van der Waals surface area contributed by atoms with Gasteiger partial charge in [0.2, 0.25) is 0 Å². The summed E-state index contributed by atoms with van der Waals surface area (Å²) in [5.41, 5.74) is 2.67. The number of alkyl halides is 3. The molecule has 4 heterocycles. The van der Waals surface area contributed by atoms with Gasteiger partial charge in [0.25, 0.3) is 0 Å². The second kappa shape index (κ2) is 9.09. The van der Waals surface area contributed by atoms with Crippen molar-refractivity contribution in [1.82, 2.24) is 19.6 Å². The maximum atomic E-state index is 14.6. The highest BCUT2D eigenvalue weighted by atomic mass is 19.4. The van der Waals surface area contributed by atoms with E-state index in [9.17, 15) is 13.2 Å². The number of benzene rings is 4. The molecule has 0 spiro atoms. The van der Waals surface area contributed by atoms with E-state index in [0.717, 1.165) is 38.9 Å². The van der Waals surface area contributed by atoms with E-state index in [-0.39, 0.29) is 5.69 Å². The van der Waals surface area contributed by atoms with E-state index in [2.05, 4.69) is 5.10 Å².